The zero-order valence-corrected chi connectivity index (χ0v) is 13.0. The molecule has 1 heterocycles. The Balaban J connectivity index is 0.000000487. The van der Waals surface area contributed by atoms with Gasteiger partial charge in [0.1, 0.15) is 6.10 Å². The van der Waals surface area contributed by atoms with E-state index in [2.05, 4.69) is 52.6 Å². The number of halogens is 2. The van der Waals surface area contributed by atoms with Gasteiger partial charge in [-0.25, -0.2) is 0 Å². The summed E-state index contributed by atoms with van der Waals surface area (Å²) in [7, 11) is 0. The van der Waals surface area contributed by atoms with E-state index in [0.29, 0.717) is 12.7 Å². The molecule has 0 amide bonds. The van der Waals surface area contributed by atoms with Gasteiger partial charge in [0.25, 0.3) is 0 Å². The lowest BCUT2D eigenvalue weighted by atomic mass is 9.98. The van der Waals surface area contributed by atoms with Gasteiger partial charge in [-0.15, -0.1) is 0 Å². The van der Waals surface area contributed by atoms with Crippen LogP contribution in [0.1, 0.15) is 20.8 Å². The van der Waals surface area contributed by atoms with Crippen LogP contribution in [-0.2, 0) is 9.47 Å². The Morgan fingerprint density at radius 2 is 1.69 bits per heavy atom. The van der Waals surface area contributed by atoms with Gasteiger partial charge < -0.3 is 19.7 Å². The molecule has 2 N–H and O–H groups in total. The molecule has 0 aromatic rings. The number of aliphatic hydroxyl groups is 2. The molecule has 1 unspecified atom stereocenters. The van der Waals surface area contributed by atoms with Gasteiger partial charge in [-0.3, -0.25) is 0 Å². The summed E-state index contributed by atoms with van der Waals surface area (Å²) in [5.41, 5.74) is 0.0158. The number of hydrogen-bond acceptors (Lipinski definition) is 4. The number of rotatable bonds is 4. The van der Waals surface area contributed by atoms with Crippen LogP contribution in [0.25, 0.3) is 0 Å². The van der Waals surface area contributed by atoms with Crippen LogP contribution in [0.5, 0.6) is 0 Å². The summed E-state index contributed by atoms with van der Waals surface area (Å²) in [5.74, 6) is 0. The first-order valence-electron chi connectivity index (χ1n) is 5.09. The number of ether oxygens (including phenoxy) is 2. The highest BCUT2D eigenvalue weighted by molar-refractivity contribution is 9.25. The van der Waals surface area contributed by atoms with E-state index in [1.54, 1.807) is 0 Å². The van der Waals surface area contributed by atoms with Crippen LogP contribution in [0.3, 0.4) is 0 Å². The summed E-state index contributed by atoms with van der Waals surface area (Å²) < 4.78 is 10.2. The van der Waals surface area contributed by atoms with E-state index < -0.39 is 3.42 Å². The topological polar surface area (TPSA) is 62.2 Å². The van der Waals surface area contributed by atoms with Gasteiger partial charge in [0.2, 0.25) is 0 Å². The summed E-state index contributed by atoms with van der Waals surface area (Å²) >= 11 is 7.00. The highest BCUT2D eigenvalue weighted by atomic mass is 79.9. The second kappa shape index (κ2) is 7.28. The van der Waals surface area contributed by atoms with Gasteiger partial charge >= 0.3 is 0 Å². The second-order valence-electron chi connectivity index (χ2n) is 4.48. The molecule has 98 valence electrons. The van der Waals surface area contributed by atoms with Gasteiger partial charge in [0.15, 0.2) is 3.42 Å². The maximum atomic E-state index is 7.62. The number of alkyl halides is 2. The molecule has 16 heavy (non-hydrogen) atoms. The molecule has 1 saturated heterocycles. The summed E-state index contributed by atoms with van der Waals surface area (Å²) in [6.45, 7) is 7.53. The highest BCUT2D eigenvalue weighted by Crippen LogP contribution is 2.44. The standard InChI is InChI=1S/C8H14Br2O2.C2H6O2/c1-7(2,3)8(9,10)12-5-6-4-11-6;3-1-2-4/h6H,4-5H2,1-3H3;3-4H,1-2H2. The molecule has 1 atom stereocenters. The normalized spacial score (nSPS) is 20.1. The Bertz CT molecular complexity index is 186. The molecular weight excluding hydrogens is 344 g/mol. The summed E-state index contributed by atoms with van der Waals surface area (Å²) in [6, 6.07) is 0. The Kier molecular flexibility index (Phi) is 7.65. The van der Waals surface area contributed by atoms with Crippen molar-refractivity contribution in [3.63, 3.8) is 0 Å². The molecule has 1 aliphatic heterocycles. The van der Waals surface area contributed by atoms with Crippen LogP contribution in [0.2, 0.25) is 0 Å². The minimum absolute atomic E-state index is 0.0158. The number of epoxide rings is 1. The molecule has 0 aliphatic carbocycles. The maximum Gasteiger partial charge on any atom is 0.182 e. The summed E-state index contributed by atoms with van der Waals surface area (Å²) in [4.78, 5) is 0. The molecule has 1 fully saturated rings. The van der Waals surface area contributed by atoms with Gasteiger partial charge in [-0.2, -0.15) is 0 Å². The predicted molar refractivity (Wildman–Crippen MR) is 69.9 cm³/mol. The van der Waals surface area contributed by atoms with Gasteiger partial charge in [0, 0.05) is 5.41 Å². The fourth-order valence-electron chi connectivity index (χ4n) is 0.578. The van der Waals surface area contributed by atoms with E-state index in [-0.39, 0.29) is 18.6 Å². The van der Waals surface area contributed by atoms with Crippen molar-refractivity contribution in [3.05, 3.63) is 0 Å². The third-order valence-electron chi connectivity index (χ3n) is 1.83. The average Bonchev–Trinajstić information content (AvgIpc) is 2.97. The molecule has 6 heteroatoms. The fraction of sp³-hybridized carbons (Fsp3) is 1.00. The van der Waals surface area contributed by atoms with Gasteiger partial charge in [-0.1, -0.05) is 20.8 Å². The van der Waals surface area contributed by atoms with E-state index in [4.69, 9.17) is 19.7 Å². The zero-order valence-electron chi connectivity index (χ0n) is 9.87. The second-order valence-corrected chi connectivity index (χ2v) is 7.78. The molecule has 0 aromatic carbocycles. The van der Waals surface area contributed by atoms with Gasteiger partial charge in [0.05, 0.1) is 26.4 Å². The lowest BCUT2D eigenvalue weighted by Crippen LogP contribution is -2.34. The fourth-order valence-corrected chi connectivity index (χ4v) is 0.843. The Morgan fingerprint density at radius 1 is 1.25 bits per heavy atom. The number of hydrogen-bond donors (Lipinski definition) is 2. The van der Waals surface area contributed by atoms with Crippen molar-refractivity contribution in [1.29, 1.82) is 0 Å². The van der Waals surface area contributed by atoms with Crippen LogP contribution < -0.4 is 0 Å². The lowest BCUT2D eigenvalue weighted by molar-refractivity contribution is 0.0209. The maximum absolute atomic E-state index is 7.62. The molecule has 1 aliphatic rings. The molecule has 0 aromatic heterocycles. The van der Waals surface area contributed by atoms with Crippen molar-refractivity contribution >= 4 is 31.9 Å². The molecule has 0 radical (unpaired) electrons. The van der Waals surface area contributed by atoms with Gasteiger partial charge in [-0.05, 0) is 31.9 Å². The molecule has 0 spiro atoms. The summed E-state index contributed by atoms with van der Waals surface area (Å²) in [5, 5.41) is 15.2. The van der Waals surface area contributed by atoms with E-state index in [1.807, 2.05) is 0 Å². The van der Waals surface area contributed by atoms with Crippen molar-refractivity contribution in [1.82, 2.24) is 0 Å². The first-order valence-corrected chi connectivity index (χ1v) is 6.68. The van der Waals surface area contributed by atoms with E-state index in [1.165, 1.54) is 0 Å². The minimum Gasteiger partial charge on any atom is -0.394 e. The predicted octanol–water partition coefficient (Wildman–Crippen LogP) is 1.86. The minimum atomic E-state index is -0.445. The number of aliphatic hydroxyl groups excluding tert-OH is 2. The lowest BCUT2D eigenvalue weighted by Gasteiger charge is -2.34. The van der Waals surface area contributed by atoms with E-state index >= 15 is 0 Å². The quantitative estimate of drug-likeness (QED) is 0.591. The Labute approximate surface area is 114 Å². The van der Waals surface area contributed by atoms with E-state index in [9.17, 15) is 0 Å². The molecule has 1 rings (SSSR count). The molecular formula is C10H20Br2O4. The van der Waals surface area contributed by atoms with Crippen molar-refractivity contribution in [2.45, 2.75) is 30.3 Å². The SMILES string of the molecule is CC(C)(C)C(Br)(Br)OCC1CO1.OCCO. The van der Waals surface area contributed by atoms with Crippen LogP contribution in [-0.4, -0.2) is 46.2 Å². The highest BCUT2D eigenvalue weighted by Gasteiger charge is 2.39. The van der Waals surface area contributed by atoms with Crippen molar-refractivity contribution in [3.8, 4) is 0 Å². The first-order chi connectivity index (χ1) is 7.24. The van der Waals surface area contributed by atoms with Crippen LogP contribution in [0, 0.1) is 5.41 Å². The molecule has 0 bridgehead atoms. The largest absolute Gasteiger partial charge is 0.394 e. The smallest absolute Gasteiger partial charge is 0.182 e. The monoisotopic (exact) mass is 362 g/mol. The van der Waals surface area contributed by atoms with Crippen LogP contribution in [0.4, 0.5) is 0 Å². The third-order valence-corrected chi connectivity index (χ3v) is 4.66. The first kappa shape index (κ1) is 16.8. The zero-order chi connectivity index (χ0) is 12.8. The van der Waals surface area contributed by atoms with Crippen LogP contribution in [0.15, 0.2) is 0 Å². The Hall–Kier alpha value is 0.800. The summed E-state index contributed by atoms with van der Waals surface area (Å²) in [6.07, 6.45) is 0.307. The van der Waals surface area contributed by atoms with Crippen molar-refractivity contribution in [2.75, 3.05) is 26.4 Å². The molecule has 0 saturated carbocycles. The van der Waals surface area contributed by atoms with Crippen LogP contribution >= 0.6 is 31.9 Å². The van der Waals surface area contributed by atoms with Crippen molar-refractivity contribution < 1.29 is 19.7 Å². The average molecular weight is 364 g/mol. The third kappa shape index (κ3) is 7.19. The van der Waals surface area contributed by atoms with Crippen molar-refractivity contribution in [2.24, 2.45) is 5.41 Å². The molecule has 4 nitrogen and oxygen atoms in total. The van der Waals surface area contributed by atoms with E-state index in [0.717, 1.165) is 6.61 Å². The Morgan fingerprint density at radius 3 is 1.94 bits per heavy atom.